The molecule has 0 aromatic heterocycles. The SMILES string of the molecule is COCO[C@@]12C[C@@H]([C@@H]([C@H]3COC(C)(C)O3)[C@]1(C)COCc1ccccc1)[C@@H](O[Si](C)(C)C(C)(C)C)C2. The minimum atomic E-state index is -1.98. The number of hydrogen-bond acceptors (Lipinski definition) is 6. The van der Waals surface area contributed by atoms with E-state index in [9.17, 15) is 0 Å². The maximum Gasteiger partial charge on any atom is 0.192 e. The highest BCUT2D eigenvalue weighted by Gasteiger charge is 2.72. The van der Waals surface area contributed by atoms with E-state index in [-0.39, 0.29) is 35.4 Å². The molecule has 0 spiro atoms. The Balaban J connectivity index is 1.65. The molecule has 7 heteroatoms. The molecule has 0 radical (unpaired) electrons. The second-order valence-electron chi connectivity index (χ2n) is 13.3. The molecular formula is C29H48O6Si. The summed E-state index contributed by atoms with van der Waals surface area (Å²) in [5.41, 5.74) is 0.499. The minimum Gasteiger partial charge on any atom is -0.414 e. The highest BCUT2D eigenvalue weighted by atomic mass is 28.4. The predicted molar refractivity (Wildman–Crippen MR) is 143 cm³/mol. The Morgan fingerprint density at radius 1 is 1.06 bits per heavy atom. The van der Waals surface area contributed by atoms with Crippen molar-refractivity contribution in [2.45, 2.75) is 103 Å². The number of rotatable bonds is 10. The van der Waals surface area contributed by atoms with E-state index < -0.39 is 19.7 Å². The first-order chi connectivity index (χ1) is 16.7. The normalized spacial score (nSPS) is 36.0. The van der Waals surface area contributed by atoms with Crippen molar-refractivity contribution in [2.75, 3.05) is 27.1 Å². The van der Waals surface area contributed by atoms with Crippen molar-refractivity contribution in [3.63, 3.8) is 0 Å². The van der Waals surface area contributed by atoms with Crippen LogP contribution < -0.4 is 0 Å². The summed E-state index contributed by atoms with van der Waals surface area (Å²) in [5, 5.41) is 0.141. The monoisotopic (exact) mass is 520 g/mol. The molecule has 0 amide bonds. The summed E-state index contributed by atoms with van der Waals surface area (Å²) >= 11 is 0. The van der Waals surface area contributed by atoms with E-state index in [4.69, 9.17) is 28.1 Å². The first-order valence-corrected chi connectivity index (χ1v) is 16.4. The molecule has 6 atom stereocenters. The first kappa shape index (κ1) is 28.2. The third kappa shape index (κ3) is 5.22. The highest BCUT2D eigenvalue weighted by molar-refractivity contribution is 6.74. The van der Waals surface area contributed by atoms with Crippen LogP contribution >= 0.6 is 0 Å². The molecule has 3 fully saturated rings. The summed E-state index contributed by atoms with van der Waals surface area (Å²) in [6, 6.07) is 10.4. The fourth-order valence-electron chi connectivity index (χ4n) is 6.57. The lowest BCUT2D eigenvalue weighted by molar-refractivity contribution is -0.224. The van der Waals surface area contributed by atoms with E-state index in [1.807, 2.05) is 19.9 Å². The van der Waals surface area contributed by atoms with Gasteiger partial charge in [-0.2, -0.15) is 0 Å². The van der Waals surface area contributed by atoms with Crippen LogP contribution in [0, 0.1) is 17.3 Å². The fourth-order valence-corrected chi connectivity index (χ4v) is 7.94. The molecule has 1 aromatic rings. The molecule has 1 heterocycles. The van der Waals surface area contributed by atoms with Gasteiger partial charge in [-0.25, -0.2) is 0 Å². The van der Waals surface area contributed by atoms with E-state index >= 15 is 0 Å². The van der Waals surface area contributed by atoms with E-state index in [1.165, 1.54) is 5.56 Å². The largest absolute Gasteiger partial charge is 0.414 e. The van der Waals surface area contributed by atoms with Crippen LogP contribution in [0.15, 0.2) is 30.3 Å². The summed E-state index contributed by atoms with van der Waals surface area (Å²) < 4.78 is 38.3. The number of fused-ring (bicyclic) bond motifs is 2. The zero-order valence-electron chi connectivity index (χ0n) is 23.9. The van der Waals surface area contributed by atoms with Crippen molar-refractivity contribution < 1.29 is 28.1 Å². The second-order valence-corrected chi connectivity index (χ2v) is 18.1. The Hall–Kier alpha value is -0.803. The van der Waals surface area contributed by atoms with Crippen molar-refractivity contribution in [2.24, 2.45) is 17.3 Å². The molecule has 0 unspecified atom stereocenters. The molecule has 3 aliphatic rings. The topological polar surface area (TPSA) is 55.4 Å². The van der Waals surface area contributed by atoms with Crippen LogP contribution in [0.4, 0.5) is 0 Å². The average Bonchev–Trinajstić information content (AvgIpc) is 3.39. The zero-order chi connectivity index (χ0) is 26.4. The molecule has 4 rings (SSSR count). The molecule has 36 heavy (non-hydrogen) atoms. The van der Waals surface area contributed by atoms with E-state index in [1.54, 1.807) is 7.11 Å². The summed E-state index contributed by atoms with van der Waals surface area (Å²) in [7, 11) is -0.282. The van der Waals surface area contributed by atoms with Crippen molar-refractivity contribution in [3.8, 4) is 0 Å². The molecule has 0 N–H and O–H groups in total. The van der Waals surface area contributed by atoms with Crippen LogP contribution in [-0.2, 0) is 34.7 Å². The van der Waals surface area contributed by atoms with Gasteiger partial charge in [0.25, 0.3) is 0 Å². The summed E-state index contributed by atoms with van der Waals surface area (Å²) in [6.45, 7) is 19.9. The molecule has 204 valence electrons. The second kappa shape index (κ2) is 10.1. The number of methoxy groups -OCH3 is 1. The van der Waals surface area contributed by atoms with Gasteiger partial charge in [-0.1, -0.05) is 58.0 Å². The Morgan fingerprint density at radius 2 is 1.75 bits per heavy atom. The van der Waals surface area contributed by atoms with Gasteiger partial charge in [-0.15, -0.1) is 0 Å². The molecule has 1 aliphatic heterocycles. The van der Waals surface area contributed by atoms with Gasteiger partial charge in [0.2, 0.25) is 0 Å². The number of ether oxygens (including phenoxy) is 5. The number of hydrogen-bond donors (Lipinski definition) is 0. The van der Waals surface area contributed by atoms with Crippen molar-refractivity contribution in [3.05, 3.63) is 35.9 Å². The number of benzene rings is 1. The third-order valence-electron chi connectivity index (χ3n) is 9.46. The van der Waals surface area contributed by atoms with Crippen molar-refractivity contribution >= 4 is 8.32 Å². The van der Waals surface area contributed by atoms with E-state index in [0.29, 0.717) is 25.7 Å². The van der Waals surface area contributed by atoms with Crippen LogP contribution in [0.5, 0.6) is 0 Å². The van der Waals surface area contributed by atoms with Crippen LogP contribution in [-0.4, -0.2) is 59.0 Å². The Morgan fingerprint density at radius 3 is 2.33 bits per heavy atom. The van der Waals surface area contributed by atoms with E-state index in [0.717, 1.165) is 12.8 Å². The first-order valence-electron chi connectivity index (χ1n) is 13.5. The van der Waals surface area contributed by atoms with Crippen LogP contribution in [0.1, 0.15) is 59.9 Å². The van der Waals surface area contributed by atoms with Gasteiger partial charge in [-0.05, 0) is 49.9 Å². The minimum absolute atomic E-state index is 0.0332. The smallest absolute Gasteiger partial charge is 0.192 e. The van der Waals surface area contributed by atoms with Gasteiger partial charge in [0.1, 0.15) is 6.79 Å². The maximum absolute atomic E-state index is 7.09. The summed E-state index contributed by atoms with van der Waals surface area (Å²) in [6.07, 6.45) is 1.87. The molecule has 2 bridgehead atoms. The van der Waals surface area contributed by atoms with Crippen molar-refractivity contribution in [1.29, 1.82) is 0 Å². The lowest BCUT2D eigenvalue weighted by Crippen LogP contribution is -2.59. The maximum atomic E-state index is 7.09. The summed E-state index contributed by atoms with van der Waals surface area (Å²) in [4.78, 5) is 0. The average molecular weight is 521 g/mol. The standard InChI is InChI=1S/C29H48O6Si/c1-26(2,3)36(8,9)35-23-16-29(33-20-30-7)15-22(23)25(24-18-32-27(4,5)34-24)28(29,6)19-31-17-21-13-11-10-12-14-21/h10-14,22-25H,15-20H2,1-9H3/t22-,23+,24-,25+,28+,29-/m1/s1. The highest BCUT2D eigenvalue weighted by Crippen LogP contribution is 2.67. The molecule has 6 nitrogen and oxygen atoms in total. The van der Waals surface area contributed by atoms with Gasteiger partial charge in [0.05, 0.1) is 37.6 Å². The van der Waals surface area contributed by atoms with Gasteiger partial charge in [-0.3, -0.25) is 0 Å². The van der Waals surface area contributed by atoms with Crippen molar-refractivity contribution in [1.82, 2.24) is 0 Å². The Labute approximate surface area is 219 Å². The molecule has 1 saturated heterocycles. The Bertz CT molecular complexity index is 884. The molecule has 2 saturated carbocycles. The van der Waals surface area contributed by atoms with Crippen LogP contribution in [0.2, 0.25) is 18.1 Å². The summed E-state index contributed by atoms with van der Waals surface area (Å²) in [5.74, 6) is -0.0894. The van der Waals surface area contributed by atoms with Gasteiger partial charge in [0, 0.05) is 24.9 Å². The lowest BCUT2D eigenvalue weighted by atomic mass is 9.62. The third-order valence-corrected chi connectivity index (χ3v) is 14.0. The molecule has 1 aromatic carbocycles. The quantitative estimate of drug-likeness (QED) is 0.272. The molecule has 2 aliphatic carbocycles. The van der Waals surface area contributed by atoms with E-state index in [2.05, 4.69) is 65.1 Å². The predicted octanol–water partition coefficient (Wildman–Crippen LogP) is 6.15. The van der Waals surface area contributed by atoms with Crippen LogP contribution in [0.3, 0.4) is 0 Å². The van der Waals surface area contributed by atoms with Crippen LogP contribution in [0.25, 0.3) is 0 Å². The fraction of sp³-hybridized carbons (Fsp3) is 0.793. The van der Waals surface area contributed by atoms with Gasteiger partial charge >= 0.3 is 0 Å². The van der Waals surface area contributed by atoms with Gasteiger partial charge < -0.3 is 28.1 Å². The molecular weight excluding hydrogens is 472 g/mol. The Kier molecular flexibility index (Phi) is 7.89. The zero-order valence-corrected chi connectivity index (χ0v) is 24.9. The van der Waals surface area contributed by atoms with Gasteiger partial charge in [0.15, 0.2) is 14.1 Å². The lowest BCUT2D eigenvalue weighted by Gasteiger charge is -2.52.